The lowest BCUT2D eigenvalue weighted by molar-refractivity contribution is -0.139. The second-order valence-corrected chi connectivity index (χ2v) is 12.7. The lowest BCUT2D eigenvalue weighted by Crippen LogP contribution is -2.52. The third kappa shape index (κ3) is 7.91. The number of hydrogen-bond acceptors (Lipinski definition) is 4. The van der Waals surface area contributed by atoms with Gasteiger partial charge in [0.15, 0.2) is 0 Å². The summed E-state index contributed by atoms with van der Waals surface area (Å²) >= 11 is 18.8. The van der Waals surface area contributed by atoms with Gasteiger partial charge in [-0.2, -0.15) is 0 Å². The highest BCUT2D eigenvalue weighted by Crippen LogP contribution is 2.30. The van der Waals surface area contributed by atoms with Crippen LogP contribution in [0.5, 0.6) is 0 Å². The first-order valence-electron chi connectivity index (χ1n) is 12.7. The third-order valence-corrected chi connectivity index (χ3v) is 9.08. The number of benzene rings is 3. The summed E-state index contributed by atoms with van der Waals surface area (Å²) < 4.78 is 28.7. The summed E-state index contributed by atoms with van der Waals surface area (Å²) in [5.74, 6) is -0.980. The molecule has 3 aromatic carbocycles. The monoisotopic (exact) mass is 623 g/mol. The highest BCUT2D eigenvalue weighted by atomic mass is 35.5. The molecular weight excluding hydrogens is 593 g/mol. The number of amides is 2. The third-order valence-electron chi connectivity index (χ3n) is 6.49. The van der Waals surface area contributed by atoms with Crippen LogP contribution in [0.3, 0.4) is 0 Å². The second-order valence-electron chi connectivity index (χ2n) is 9.56. The Balaban J connectivity index is 2.07. The molecule has 0 heterocycles. The van der Waals surface area contributed by atoms with Crippen LogP contribution in [0.4, 0.5) is 5.69 Å². The molecule has 2 amide bonds. The predicted octanol–water partition coefficient (Wildman–Crippen LogP) is 6.48. The van der Waals surface area contributed by atoms with Crippen molar-refractivity contribution >= 4 is 62.3 Å². The standard InChI is InChI=1S/C29H32Cl3N3O4S/c1-5-20(3)33-29(37)21(4)34(17-22-8-6-7-9-27(22)32)28(36)18-35(25-15-23(30)14-24(31)16-25)40(38,39)26-12-10-19(2)11-13-26/h6-16,20-21H,5,17-18H2,1-4H3,(H,33,37)/t20-,21-/m0/s1. The molecule has 214 valence electrons. The van der Waals surface area contributed by atoms with Crippen molar-refractivity contribution in [3.63, 3.8) is 0 Å². The number of aryl methyl sites for hydroxylation is 1. The van der Waals surface area contributed by atoms with Crippen LogP contribution in [0.1, 0.15) is 38.3 Å². The molecule has 2 atom stereocenters. The Kier molecular flexibility index (Phi) is 10.9. The molecule has 0 aromatic heterocycles. The van der Waals surface area contributed by atoms with Crippen LogP contribution < -0.4 is 9.62 Å². The molecule has 7 nitrogen and oxygen atoms in total. The second kappa shape index (κ2) is 13.7. The number of halogens is 3. The van der Waals surface area contributed by atoms with E-state index in [1.54, 1.807) is 43.3 Å². The minimum atomic E-state index is -4.24. The van der Waals surface area contributed by atoms with Gasteiger partial charge in [0.25, 0.3) is 10.0 Å². The molecule has 3 aromatic rings. The molecule has 0 aliphatic carbocycles. The summed E-state index contributed by atoms with van der Waals surface area (Å²) in [5, 5.41) is 3.72. The maximum absolute atomic E-state index is 14.0. The number of nitrogens with one attached hydrogen (secondary N) is 1. The molecule has 11 heteroatoms. The number of anilines is 1. The molecule has 0 spiro atoms. The minimum Gasteiger partial charge on any atom is -0.352 e. The quantitative estimate of drug-likeness (QED) is 0.265. The fourth-order valence-electron chi connectivity index (χ4n) is 3.91. The van der Waals surface area contributed by atoms with Gasteiger partial charge in [0.2, 0.25) is 11.8 Å². The Hall–Kier alpha value is -2.78. The van der Waals surface area contributed by atoms with Crippen molar-refractivity contribution in [2.24, 2.45) is 0 Å². The largest absolute Gasteiger partial charge is 0.352 e. The lowest BCUT2D eigenvalue weighted by atomic mass is 10.1. The maximum atomic E-state index is 14.0. The van der Waals surface area contributed by atoms with Gasteiger partial charge in [-0.15, -0.1) is 0 Å². The zero-order valence-corrected chi connectivity index (χ0v) is 25.8. The summed E-state index contributed by atoms with van der Waals surface area (Å²) in [6.07, 6.45) is 0.703. The topological polar surface area (TPSA) is 86.8 Å². The Bertz CT molecular complexity index is 1450. The van der Waals surface area contributed by atoms with Crippen LogP contribution in [0.15, 0.2) is 71.6 Å². The average Bonchev–Trinajstić information content (AvgIpc) is 2.90. The van der Waals surface area contributed by atoms with E-state index >= 15 is 0 Å². The number of rotatable bonds is 11. The van der Waals surface area contributed by atoms with E-state index in [1.165, 1.54) is 35.2 Å². The van der Waals surface area contributed by atoms with Crippen molar-refractivity contribution < 1.29 is 18.0 Å². The number of sulfonamides is 1. The number of carbonyl (C=O) groups excluding carboxylic acids is 2. The zero-order chi connectivity index (χ0) is 29.6. The predicted molar refractivity (Wildman–Crippen MR) is 162 cm³/mol. The maximum Gasteiger partial charge on any atom is 0.264 e. The van der Waals surface area contributed by atoms with E-state index in [1.807, 2.05) is 20.8 Å². The van der Waals surface area contributed by atoms with Crippen LogP contribution in [-0.2, 0) is 26.2 Å². The van der Waals surface area contributed by atoms with Gasteiger partial charge in [-0.3, -0.25) is 13.9 Å². The molecule has 0 fully saturated rings. The molecule has 3 rings (SSSR count). The van der Waals surface area contributed by atoms with Gasteiger partial charge in [0.1, 0.15) is 12.6 Å². The first kappa shape index (κ1) is 31.7. The summed E-state index contributed by atoms with van der Waals surface area (Å²) in [7, 11) is -4.24. The zero-order valence-electron chi connectivity index (χ0n) is 22.7. The molecule has 0 radical (unpaired) electrons. The van der Waals surface area contributed by atoms with E-state index in [0.717, 1.165) is 9.87 Å². The number of hydrogen-bond donors (Lipinski definition) is 1. The van der Waals surface area contributed by atoms with Gasteiger partial charge < -0.3 is 10.2 Å². The van der Waals surface area contributed by atoms with Gasteiger partial charge >= 0.3 is 0 Å². The Morgan fingerprint density at radius 3 is 2.10 bits per heavy atom. The molecule has 0 saturated carbocycles. The fourth-order valence-corrected chi connectivity index (χ4v) is 6.02. The molecule has 1 N–H and O–H groups in total. The Morgan fingerprint density at radius 1 is 0.925 bits per heavy atom. The summed E-state index contributed by atoms with van der Waals surface area (Å²) in [6.45, 7) is 6.62. The summed E-state index contributed by atoms with van der Waals surface area (Å²) in [6, 6.07) is 16.5. The van der Waals surface area contributed by atoms with Crippen molar-refractivity contribution in [2.75, 3.05) is 10.8 Å². The molecule has 0 bridgehead atoms. The number of carbonyl (C=O) groups is 2. The average molecular weight is 625 g/mol. The molecule has 0 aliphatic rings. The van der Waals surface area contributed by atoms with Gasteiger partial charge in [-0.25, -0.2) is 8.42 Å². The molecule has 0 saturated heterocycles. The van der Waals surface area contributed by atoms with Crippen LogP contribution in [0.2, 0.25) is 15.1 Å². The minimum absolute atomic E-state index is 0.0116. The van der Waals surface area contributed by atoms with Gasteiger partial charge in [-0.05, 0) is 69.2 Å². The van der Waals surface area contributed by atoms with Crippen LogP contribution in [0, 0.1) is 6.92 Å². The van der Waals surface area contributed by atoms with Crippen LogP contribution in [0.25, 0.3) is 0 Å². The van der Waals surface area contributed by atoms with Crippen molar-refractivity contribution in [3.05, 3.63) is 92.9 Å². The van der Waals surface area contributed by atoms with Crippen molar-refractivity contribution in [2.45, 2.75) is 57.6 Å². The van der Waals surface area contributed by atoms with E-state index in [-0.39, 0.29) is 39.1 Å². The SMILES string of the molecule is CC[C@H](C)NC(=O)[C@H](C)N(Cc1ccccc1Cl)C(=O)CN(c1cc(Cl)cc(Cl)c1)S(=O)(=O)c1ccc(C)cc1. The molecule has 0 aliphatic heterocycles. The molecular formula is C29H32Cl3N3O4S. The van der Waals surface area contributed by atoms with Crippen LogP contribution >= 0.6 is 34.8 Å². The lowest BCUT2D eigenvalue weighted by Gasteiger charge is -2.32. The first-order valence-corrected chi connectivity index (χ1v) is 15.3. The molecule has 0 unspecified atom stereocenters. The van der Waals surface area contributed by atoms with Crippen LogP contribution in [-0.4, -0.2) is 43.8 Å². The highest BCUT2D eigenvalue weighted by Gasteiger charge is 2.33. The Morgan fingerprint density at radius 2 is 1.52 bits per heavy atom. The fraction of sp³-hybridized carbons (Fsp3) is 0.310. The van der Waals surface area contributed by atoms with Gasteiger partial charge in [-0.1, -0.05) is 77.6 Å². The summed E-state index contributed by atoms with van der Waals surface area (Å²) in [5.41, 5.74) is 1.60. The van der Waals surface area contributed by atoms with E-state index in [4.69, 9.17) is 34.8 Å². The molecule has 40 heavy (non-hydrogen) atoms. The van der Waals surface area contributed by atoms with E-state index in [0.29, 0.717) is 17.0 Å². The van der Waals surface area contributed by atoms with Crippen molar-refractivity contribution in [3.8, 4) is 0 Å². The van der Waals surface area contributed by atoms with E-state index < -0.39 is 28.5 Å². The normalized spacial score (nSPS) is 12.9. The van der Waals surface area contributed by atoms with Crippen molar-refractivity contribution in [1.29, 1.82) is 0 Å². The van der Waals surface area contributed by atoms with E-state index in [9.17, 15) is 18.0 Å². The summed E-state index contributed by atoms with van der Waals surface area (Å²) in [4.78, 5) is 28.4. The number of nitrogens with zero attached hydrogens (tertiary/aromatic N) is 2. The smallest absolute Gasteiger partial charge is 0.264 e. The van der Waals surface area contributed by atoms with Crippen molar-refractivity contribution in [1.82, 2.24) is 10.2 Å². The van der Waals surface area contributed by atoms with Gasteiger partial charge in [0, 0.05) is 27.7 Å². The highest BCUT2D eigenvalue weighted by molar-refractivity contribution is 7.92. The van der Waals surface area contributed by atoms with Gasteiger partial charge in [0.05, 0.1) is 10.6 Å². The first-order chi connectivity index (χ1) is 18.8. The Labute approximate surface area is 251 Å². The van der Waals surface area contributed by atoms with E-state index in [2.05, 4.69) is 5.32 Å².